The molecular formula is C18H25N5O3. The molecule has 8 nitrogen and oxygen atoms in total. The van der Waals surface area contributed by atoms with Crippen molar-refractivity contribution in [2.75, 3.05) is 46.3 Å². The number of carbonyl (C=O) groups is 2. The molecule has 0 aliphatic carbocycles. The largest absolute Gasteiger partial charge is 0.481 e. The van der Waals surface area contributed by atoms with Crippen LogP contribution in [-0.4, -0.2) is 94.0 Å². The van der Waals surface area contributed by atoms with E-state index in [1.807, 2.05) is 11.9 Å². The van der Waals surface area contributed by atoms with Gasteiger partial charge in [0.05, 0.1) is 11.6 Å². The van der Waals surface area contributed by atoms with E-state index in [4.69, 9.17) is 0 Å². The van der Waals surface area contributed by atoms with Gasteiger partial charge in [0.1, 0.15) is 5.69 Å². The fourth-order valence-electron chi connectivity index (χ4n) is 4.94. The molecule has 3 fully saturated rings. The summed E-state index contributed by atoms with van der Waals surface area (Å²) in [7, 11) is 2.00. The summed E-state index contributed by atoms with van der Waals surface area (Å²) in [6.45, 7) is 4.32. The van der Waals surface area contributed by atoms with Gasteiger partial charge in [-0.05, 0) is 19.9 Å². The highest BCUT2D eigenvalue weighted by Gasteiger charge is 2.57. The summed E-state index contributed by atoms with van der Waals surface area (Å²) in [6, 6.07) is 0.355. The van der Waals surface area contributed by atoms with Crippen molar-refractivity contribution in [3.63, 3.8) is 0 Å². The first kappa shape index (κ1) is 17.4. The third-order valence-corrected chi connectivity index (χ3v) is 6.28. The molecule has 1 aromatic rings. The number of aromatic nitrogens is 2. The number of nitrogens with zero attached hydrogens (tertiary/aromatic N) is 5. The number of likely N-dealkylation sites (tertiary alicyclic amines) is 3. The first-order chi connectivity index (χ1) is 12.5. The molecule has 0 radical (unpaired) electrons. The lowest BCUT2D eigenvalue weighted by Crippen LogP contribution is -2.48. The number of carboxylic acid groups (broad SMARTS) is 1. The van der Waals surface area contributed by atoms with Gasteiger partial charge in [-0.25, -0.2) is 4.98 Å². The van der Waals surface area contributed by atoms with Gasteiger partial charge in [-0.15, -0.1) is 0 Å². The van der Waals surface area contributed by atoms with Crippen LogP contribution in [0.1, 0.15) is 23.3 Å². The summed E-state index contributed by atoms with van der Waals surface area (Å²) < 4.78 is 0. The van der Waals surface area contributed by atoms with Crippen LogP contribution in [0.3, 0.4) is 0 Å². The molecule has 2 atom stereocenters. The van der Waals surface area contributed by atoms with Crippen molar-refractivity contribution >= 4 is 11.9 Å². The van der Waals surface area contributed by atoms with Crippen LogP contribution in [0, 0.1) is 11.3 Å². The standard InChI is InChI=1S/C18H25N5O3/c1-21-9-13-10-23(12-18(13,11-21)17(25)26)14-2-6-22(7-3-14)16(24)15-8-19-4-5-20-15/h4-5,8,13-14H,2-3,6-7,9-12H2,1H3,(H,25,26)/t13-,18-/m1/s1. The van der Waals surface area contributed by atoms with E-state index >= 15 is 0 Å². The third kappa shape index (κ3) is 2.87. The predicted molar refractivity (Wildman–Crippen MR) is 93.6 cm³/mol. The normalized spacial score (nSPS) is 30.5. The quantitative estimate of drug-likeness (QED) is 0.814. The number of rotatable bonds is 3. The van der Waals surface area contributed by atoms with E-state index in [9.17, 15) is 14.7 Å². The minimum atomic E-state index is -0.662. The lowest BCUT2D eigenvalue weighted by atomic mass is 9.81. The first-order valence-electron chi connectivity index (χ1n) is 9.21. The van der Waals surface area contributed by atoms with Crippen LogP contribution >= 0.6 is 0 Å². The van der Waals surface area contributed by atoms with Crippen molar-refractivity contribution in [3.8, 4) is 0 Å². The monoisotopic (exact) mass is 359 g/mol. The minimum Gasteiger partial charge on any atom is -0.481 e. The Labute approximate surface area is 152 Å². The molecule has 3 saturated heterocycles. The van der Waals surface area contributed by atoms with Gasteiger partial charge in [0.15, 0.2) is 0 Å². The molecule has 0 aromatic carbocycles. The second-order valence-electron chi connectivity index (χ2n) is 7.90. The van der Waals surface area contributed by atoms with Crippen LogP contribution in [0.4, 0.5) is 0 Å². The summed E-state index contributed by atoms with van der Waals surface area (Å²) >= 11 is 0. The average molecular weight is 359 g/mol. The number of hydrogen-bond donors (Lipinski definition) is 1. The van der Waals surface area contributed by atoms with Crippen molar-refractivity contribution in [3.05, 3.63) is 24.3 Å². The molecule has 3 aliphatic heterocycles. The molecule has 0 unspecified atom stereocenters. The van der Waals surface area contributed by atoms with Gasteiger partial charge >= 0.3 is 5.97 Å². The Balaban J connectivity index is 1.37. The number of hydrogen-bond acceptors (Lipinski definition) is 6. The van der Waals surface area contributed by atoms with Gasteiger partial charge in [-0.2, -0.15) is 0 Å². The highest BCUT2D eigenvalue weighted by molar-refractivity contribution is 5.92. The minimum absolute atomic E-state index is 0.0709. The van der Waals surface area contributed by atoms with Gasteiger partial charge in [0.2, 0.25) is 0 Å². The lowest BCUT2D eigenvalue weighted by Gasteiger charge is -2.37. The van der Waals surface area contributed by atoms with E-state index in [1.165, 1.54) is 12.4 Å². The van der Waals surface area contributed by atoms with E-state index in [-0.39, 0.29) is 11.8 Å². The van der Waals surface area contributed by atoms with Crippen LogP contribution in [0.25, 0.3) is 0 Å². The van der Waals surface area contributed by atoms with Gasteiger partial charge in [-0.3, -0.25) is 19.5 Å². The Morgan fingerprint density at radius 2 is 1.96 bits per heavy atom. The van der Waals surface area contributed by atoms with Crippen LogP contribution in [0.5, 0.6) is 0 Å². The van der Waals surface area contributed by atoms with Crippen molar-refractivity contribution in [1.29, 1.82) is 0 Å². The van der Waals surface area contributed by atoms with E-state index < -0.39 is 11.4 Å². The number of fused-ring (bicyclic) bond motifs is 1. The highest BCUT2D eigenvalue weighted by Crippen LogP contribution is 2.43. The SMILES string of the molecule is CN1C[C@@H]2CN(C3CCN(C(=O)c4cnccn4)CC3)C[C@]2(C(=O)O)C1. The van der Waals surface area contributed by atoms with E-state index in [1.54, 1.807) is 6.20 Å². The molecule has 0 saturated carbocycles. The Kier molecular flexibility index (Phi) is 4.40. The van der Waals surface area contributed by atoms with Gasteiger partial charge in [0, 0.05) is 63.6 Å². The summed E-state index contributed by atoms with van der Waals surface area (Å²) in [6.07, 6.45) is 6.35. The second-order valence-corrected chi connectivity index (χ2v) is 7.90. The smallest absolute Gasteiger partial charge is 0.312 e. The predicted octanol–water partition coefficient (Wildman–Crippen LogP) is 0.0294. The molecule has 1 amide bonds. The van der Waals surface area contributed by atoms with Gasteiger partial charge in [0.25, 0.3) is 5.91 Å². The zero-order valence-electron chi connectivity index (χ0n) is 15.0. The summed E-state index contributed by atoms with van der Waals surface area (Å²) in [5.74, 6) is -0.535. The summed E-state index contributed by atoms with van der Waals surface area (Å²) in [4.78, 5) is 38.8. The number of carboxylic acids is 1. The number of carbonyl (C=O) groups excluding carboxylic acids is 1. The Morgan fingerprint density at radius 1 is 1.19 bits per heavy atom. The maximum atomic E-state index is 12.5. The lowest BCUT2D eigenvalue weighted by molar-refractivity contribution is -0.149. The molecule has 0 bridgehead atoms. The summed E-state index contributed by atoms with van der Waals surface area (Å²) in [5.41, 5.74) is -0.240. The Morgan fingerprint density at radius 3 is 2.58 bits per heavy atom. The number of aliphatic carboxylic acids is 1. The van der Waals surface area contributed by atoms with Crippen LogP contribution < -0.4 is 0 Å². The molecule has 26 heavy (non-hydrogen) atoms. The zero-order chi connectivity index (χ0) is 18.3. The fraction of sp³-hybridized carbons (Fsp3) is 0.667. The van der Waals surface area contributed by atoms with Crippen LogP contribution in [0.15, 0.2) is 18.6 Å². The molecule has 3 aliphatic rings. The Hall–Kier alpha value is -2.06. The van der Waals surface area contributed by atoms with E-state index in [0.717, 1.165) is 25.9 Å². The summed E-state index contributed by atoms with van der Waals surface area (Å²) in [5, 5.41) is 9.83. The molecule has 1 aromatic heterocycles. The second kappa shape index (κ2) is 6.59. The van der Waals surface area contributed by atoms with Gasteiger partial charge in [-0.1, -0.05) is 0 Å². The molecular weight excluding hydrogens is 334 g/mol. The molecule has 140 valence electrons. The number of amides is 1. The van der Waals surface area contributed by atoms with E-state index in [2.05, 4.69) is 19.8 Å². The van der Waals surface area contributed by atoms with Crippen molar-refractivity contribution in [1.82, 2.24) is 24.7 Å². The van der Waals surface area contributed by atoms with Crippen LogP contribution in [-0.2, 0) is 4.79 Å². The molecule has 8 heteroatoms. The molecule has 4 rings (SSSR count). The van der Waals surface area contributed by atoms with Gasteiger partial charge < -0.3 is 14.9 Å². The fourth-order valence-corrected chi connectivity index (χ4v) is 4.94. The molecule has 4 heterocycles. The topological polar surface area (TPSA) is 89.9 Å². The maximum absolute atomic E-state index is 12.5. The average Bonchev–Trinajstić information content (AvgIpc) is 3.16. The number of piperidine rings is 1. The zero-order valence-corrected chi connectivity index (χ0v) is 15.0. The van der Waals surface area contributed by atoms with Crippen molar-refractivity contribution in [2.45, 2.75) is 18.9 Å². The van der Waals surface area contributed by atoms with Crippen molar-refractivity contribution < 1.29 is 14.7 Å². The highest BCUT2D eigenvalue weighted by atomic mass is 16.4. The molecule has 1 N–H and O–H groups in total. The third-order valence-electron chi connectivity index (χ3n) is 6.28. The van der Waals surface area contributed by atoms with E-state index in [0.29, 0.717) is 37.9 Å². The molecule has 0 spiro atoms. The Bertz CT molecular complexity index is 691. The first-order valence-corrected chi connectivity index (χ1v) is 9.21. The maximum Gasteiger partial charge on any atom is 0.312 e. The van der Waals surface area contributed by atoms with Crippen molar-refractivity contribution in [2.24, 2.45) is 11.3 Å². The van der Waals surface area contributed by atoms with Crippen LogP contribution in [0.2, 0.25) is 0 Å².